The van der Waals surface area contributed by atoms with Gasteiger partial charge in [-0.1, -0.05) is 32.9 Å². The number of nitriles is 1. The van der Waals surface area contributed by atoms with Gasteiger partial charge in [-0.2, -0.15) is 5.26 Å². The number of nitrogens with one attached hydrogen (secondary N) is 1. The molecule has 0 saturated heterocycles. The number of aliphatic hydroxyl groups is 1. The summed E-state index contributed by atoms with van der Waals surface area (Å²) in [6, 6.07) is 8.91. The van der Waals surface area contributed by atoms with Crippen molar-refractivity contribution in [2.75, 3.05) is 13.2 Å². The first-order valence-corrected chi connectivity index (χ1v) is 6.86. The summed E-state index contributed by atoms with van der Waals surface area (Å²) < 4.78 is 5.14. The van der Waals surface area contributed by atoms with Crippen molar-refractivity contribution in [1.29, 1.82) is 5.26 Å². The largest absolute Gasteiger partial charge is 0.479 e. The van der Waals surface area contributed by atoms with Gasteiger partial charge in [0.2, 0.25) is 5.91 Å². The van der Waals surface area contributed by atoms with Gasteiger partial charge in [-0.15, -0.1) is 0 Å². The quantitative estimate of drug-likeness (QED) is 0.834. The molecule has 21 heavy (non-hydrogen) atoms. The molecule has 2 N–H and O–H groups in total. The van der Waals surface area contributed by atoms with Gasteiger partial charge in [-0.25, -0.2) is 0 Å². The number of rotatable bonds is 6. The van der Waals surface area contributed by atoms with Gasteiger partial charge in [0.15, 0.2) is 6.61 Å². The molecule has 0 spiro atoms. The Morgan fingerprint density at radius 2 is 2.00 bits per heavy atom. The van der Waals surface area contributed by atoms with Crippen LogP contribution < -0.4 is 10.1 Å². The average molecular weight is 290 g/mol. The van der Waals surface area contributed by atoms with E-state index in [0.29, 0.717) is 5.75 Å². The summed E-state index contributed by atoms with van der Waals surface area (Å²) in [6.07, 6.45) is -0.335. The number of hydrogen-bond acceptors (Lipinski definition) is 4. The fraction of sp³-hybridized carbons (Fsp3) is 0.500. The summed E-state index contributed by atoms with van der Waals surface area (Å²) in [4.78, 5) is 11.8. The second-order valence-electron chi connectivity index (χ2n) is 5.95. The number of nitrogens with zero attached hydrogens (tertiary/aromatic N) is 1. The predicted octanol–water partition coefficient (Wildman–Crippen LogP) is 1.65. The summed E-state index contributed by atoms with van der Waals surface area (Å²) in [5.41, 5.74) is 0.592. The normalized spacial score (nSPS) is 12.3. The molecular weight excluding hydrogens is 268 g/mol. The SMILES string of the molecule is CC(C)(C)C(O)CNC(=O)Cc1ccc(OCC#N)cc1. The van der Waals surface area contributed by atoms with Crippen LogP contribution in [0.1, 0.15) is 26.3 Å². The van der Waals surface area contributed by atoms with Gasteiger partial charge in [0.1, 0.15) is 11.8 Å². The minimum absolute atomic E-state index is 0.00449. The maximum absolute atomic E-state index is 11.8. The molecule has 0 heterocycles. The van der Waals surface area contributed by atoms with Gasteiger partial charge in [0.25, 0.3) is 0 Å². The van der Waals surface area contributed by atoms with Crippen LogP contribution in [-0.2, 0) is 11.2 Å². The second-order valence-corrected chi connectivity index (χ2v) is 5.95. The van der Waals surface area contributed by atoms with Gasteiger partial charge >= 0.3 is 0 Å². The van der Waals surface area contributed by atoms with Crippen LogP contribution in [0.4, 0.5) is 0 Å². The van der Waals surface area contributed by atoms with Crippen LogP contribution in [0.2, 0.25) is 0 Å². The topological polar surface area (TPSA) is 82.3 Å². The molecule has 0 radical (unpaired) electrons. The van der Waals surface area contributed by atoms with E-state index in [0.717, 1.165) is 5.56 Å². The summed E-state index contributed by atoms with van der Waals surface area (Å²) in [6.45, 7) is 6.01. The minimum Gasteiger partial charge on any atom is -0.479 e. The third kappa shape index (κ3) is 6.28. The molecule has 1 atom stereocenters. The van der Waals surface area contributed by atoms with Crippen LogP contribution in [0.3, 0.4) is 0 Å². The average Bonchev–Trinajstić information content (AvgIpc) is 2.43. The monoisotopic (exact) mass is 290 g/mol. The highest BCUT2D eigenvalue weighted by Gasteiger charge is 2.22. The zero-order valence-corrected chi connectivity index (χ0v) is 12.7. The van der Waals surface area contributed by atoms with Crippen molar-refractivity contribution in [3.63, 3.8) is 0 Å². The Hall–Kier alpha value is -2.06. The highest BCUT2D eigenvalue weighted by atomic mass is 16.5. The van der Waals surface area contributed by atoms with Gasteiger partial charge in [-0.05, 0) is 23.1 Å². The van der Waals surface area contributed by atoms with Crippen molar-refractivity contribution in [3.05, 3.63) is 29.8 Å². The van der Waals surface area contributed by atoms with Crippen LogP contribution in [0, 0.1) is 16.7 Å². The number of hydrogen-bond donors (Lipinski definition) is 2. The second kappa shape index (κ2) is 7.65. The lowest BCUT2D eigenvalue weighted by Crippen LogP contribution is -2.39. The minimum atomic E-state index is -0.580. The van der Waals surface area contributed by atoms with Gasteiger partial charge in [-0.3, -0.25) is 4.79 Å². The molecule has 0 aromatic heterocycles. The van der Waals surface area contributed by atoms with E-state index < -0.39 is 6.10 Å². The molecule has 0 bridgehead atoms. The van der Waals surface area contributed by atoms with E-state index in [1.165, 1.54) is 0 Å². The molecule has 114 valence electrons. The zero-order valence-electron chi connectivity index (χ0n) is 12.7. The van der Waals surface area contributed by atoms with Crippen LogP contribution in [0.25, 0.3) is 0 Å². The summed E-state index contributed by atoms with van der Waals surface area (Å²) in [5, 5.41) is 21.0. The fourth-order valence-electron chi connectivity index (χ4n) is 1.58. The number of carbonyl (C=O) groups is 1. The highest BCUT2D eigenvalue weighted by Crippen LogP contribution is 2.18. The molecule has 5 nitrogen and oxygen atoms in total. The number of carbonyl (C=O) groups excluding carboxylic acids is 1. The third-order valence-electron chi connectivity index (χ3n) is 3.08. The maximum atomic E-state index is 11.8. The highest BCUT2D eigenvalue weighted by molar-refractivity contribution is 5.78. The van der Waals surface area contributed by atoms with Gasteiger partial charge in [0.05, 0.1) is 12.5 Å². The Balaban J connectivity index is 2.43. The van der Waals surface area contributed by atoms with Crippen molar-refractivity contribution in [1.82, 2.24) is 5.32 Å². The van der Waals surface area contributed by atoms with Crippen LogP contribution in [0.5, 0.6) is 5.75 Å². The first-order chi connectivity index (χ1) is 9.82. The molecule has 0 aliphatic carbocycles. The zero-order chi connectivity index (χ0) is 15.9. The predicted molar refractivity (Wildman–Crippen MR) is 79.7 cm³/mol. The third-order valence-corrected chi connectivity index (χ3v) is 3.08. The summed E-state index contributed by atoms with van der Waals surface area (Å²) in [7, 11) is 0. The Morgan fingerprint density at radius 3 is 2.52 bits per heavy atom. The fourth-order valence-corrected chi connectivity index (χ4v) is 1.58. The van der Waals surface area contributed by atoms with E-state index in [-0.39, 0.29) is 30.9 Å². The van der Waals surface area contributed by atoms with E-state index >= 15 is 0 Å². The Kier molecular flexibility index (Phi) is 6.19. The van der Waals surface area contributed by atoms with Crippen molar-refractivity contribution < 1.29 is 14.6 Å². The molecule has 0 saturated carbocycles. The van der Waals surface area contributed by atoms with Crippen molar-refractivity contribution in [2.24, 2.45) is 5.41 Å². The Bertz CT molecular complexity index is 498. The molecule has 1 amide bonds. The lowest BCUT2D eigenvalue weighted by atomic mass is 9.89. The lowest BCUT2D eigenvalue weighted by Gasteiger charge is -2.25. The van der Waals surface area contributed by atoms with E-state index in [9.17, 15) is 9.90 Å². The number of amides is 1. The number of aliphatic hydroxyl groups excluding tert-OH is 1. The van der Waals surface area contributed by atoms with Crippen molar-refractivity contribution >= 4 is 5.91 Å². The standard InChI is InChI=1S/C16H22N2O3/c1-16(2,3)14(19)11-18-15(20)10-12-4-6-13(7-5-12)21-9-8-17/h4-7,14,19H,9-11H2,1-3H3,(H,18,20). The Morgan fingerprint density at radius 1 is 1.38 bits per heavy atom. The van der Waals surface area contributed by atoms with Crippen molar-refractivity contribution in [2.45, 2.75) is 33.3 Å². The lowest BCUT2D eigenvalue weighted by molar-refractivity contribution is -0.121. The molecule has 1 aromatic carbocycles. The molecule has 1 aromatic rings. The molecule has 1 rings (SSSR count). The molecule has 1 unspecified atom stereocenters. The molecule has 0 aliphatic rings. The van der Waals surface area contributed by atoms with Gasteiger partial charge in [0, 0.05) is 6.54 Å². The molecule has 0 fully saturated rings. The van der Waals surface area contributed by atoms with Crippen molar-refractivity contribution in [3.8, 4) is 11.8 Å². The van der Waals surface area contributed by atoms with Crippen LogP contribution in [0.15, 0.2) is 24.3 Å². The molecular formula is C16H22N2O3. The number of benzene rings is 1. The number of ether oxygens (including phenoxy) is 1. The van der Waals surface area contributed by atoms with E-state index in [1.807, 2.05) is 26.8 Å². The Labute approximate surface area is 125 Å². The maximum Gasteiger partial charge on any atom is 0.224 e. The van der Waals surface area contributed by atoms with Crippen LogP contribution in [-0.4, -0.2) is 30.3 Å². The van der Waals surface area contributed by atoms with E-state index in [2.05, 4.69) is 5.32 Å². The van der Waals surface area contributed by atoms with E-state index in [4.69, 9.17) is 10.00 Å². The van der Waals surface area contributed by atoms with Crippen LogP contribution >= 0.6 is 0 Å². The molecule has 5 heteroatoms. The summed E-state index contributed by atoms with van der Waals surface area (Å²) in [5.74, 6) is 0.466. The first-order valence-electron chi connectivity index (χ1n) is 6.86. The van der Waals surface area contributed by atoms with E-state index in [1.54, 1.807) is 24.3 Å². The smallest absolute Gasteiger partial charge is 0.224 e. The summed E-state index contributed by atoms with van der Waals surface area (Å²) >= 11 is 0. The van der Waals surface area contributed by atoms with Gasteiger partial charge < -0.3 is 15.2 Å². The molecule has 0 aliphatic heterocycles. The first kappa shape index (κ1) is 17.0.